The standard InChI is InChI=1S/C14H22N4O.2ClH/c15-13-2-1-12(9-13)14-10-16-11-18(14)4-3-17-5-7-19-8-6-17;;/h1,10-11,13H,2-9,15H2;2*1H. The Hall–Kier alpha value is -0.590. The van der Waals surface area contributed by atoms with Gasteiger partial charge in [-0.15, -0.1) is 24.8 Å². The Labute approximate surface area is 138 Å². The minimum atomic E-state index is 0. The Morgan fingerprint density at radius 3 is 2.67 bits per heavy atom. The van der Waals surface area contributed by atoms with Gasteiger partial charge in [0.15, 0.2) is 0 Å². The molecule has 7 heteroatoms. The number of nitrogens with zero attached hydrogens (tertiary/aromatic N) is 3. The molecule has 1 aliphatic carbocycles. The van der Waals surface area contributed by atoms with Crippen LogP contribution in [0.4, 0.5) is 0 Å². The van der Waals surface area contributed by atoms with Gasteiger partial charge in [0.25, 0.3) is 0 Å². The van der Waals surface area contributed by atoms with Crippen molar-refractivity contribution in [3.63, 3.8) is 0 Å². The van der Waals surface area contributed by atoms with Crippen molar-refractivity contribution in [2.24, 2.45) is 5.73 Å². The second kappa shape index (κ2) is 8.76. The van der Waals surface area contributed by atoms with Crippen LogP contribution < -0.4 is 5.73 Å². The maximum Gasteiger partial charge on any atom is 0.0951 e. The molecule has 0 spiro atoms. The van der Waals surface area contributed by atoms with Gasteiger partial charge in [-0.25, -0.2) is 4.98 Å². The summed E-state index contributed by atoms with van der Waals surface area (Å²) in [4.78, 5) is 6.74. The first-order chi connectivity index (χ1) is 9.33. The number of ether oxygens (including phenoxy) is 1. The molecule has 120 valence electrons. The monoisotopic (exact) mass is 334 g/mol. The third-order valence-electron chi connectivity index (χ3n) is 3.95. The number of hydrogen-bond acceptors (Lipinski definition) is 4. The number of nitrogens with two attached hydrogens (primary N) is 1. The molecule has 0 radical (unpaired) electrons. The molecule has 1 aliphatic heterocycles. The summed E-state index contributed by atoms with van der Waals surface area (Å²) in [5.74, 6) is 0. The van der Waals surface area contributed by atoms with Crippen LogP contribution in [0, 0.1) is 0 Å². The molecule has 0 amide bonds. The average Bonchev–Trinajstić information content (AvgIpc) is 3.06. The first-order valence-corrected chi connectivity index (χ1v) is 7.08. The van der Waals surface area contributed by atoms with E-state index in [4.69, 9.17) is 10.5 Å². The van der Waals surface area contributed by atoms with E-state index in [1.807, 2.05) is 12.5 Å². The lowest BCUT2D eigenvalue weighted by molar-refractivity contribution is 0.0363. The second-order valence-electron chi connectivity index (χ2n) is 5.36. The van der Waals surface area contributed by atoms with E-state index in [0.29, 0.717) is 0 Å². The third-order valence-corrected chi connectivity index (χ3v) is 3.95. The van der Waals surface area contributed by atoms with E-state index in [0.717, 1.165) is 52.2 Å². The molecule has 3 rings (SSSR count). The minimum absolute atomic E-state index is 0. The largest absolute Gasteiger partial charge is 0.379 e. The van der Waals surface area contributed by atoms with Gasteiger partial charge in [0.1, 0.15) is 0 Å². The number of rotatable bonds is 4. The summed E-state index contributed by atoms with van der Waals surface area (Å²) in [7, 11) is 0. The first-order valence-electron chi connectivity index (χ1n) is 7.08. The fraction of sp³-hybridized carbons (Fsp3) is 0.643. The van der Waals surface area contributed by atoms with Gasteiger partial charge in [-0.05, 0) is 18.4 Å². The molecular weight excluding hydrogens is 311 g/mol. The van der Waals surface area contributed by atoms with Crippen LogP contribution >= 0.6 is 24.8 Å². The van der Waals surface area contributed by atoms with E-state index in [-0.39, 0.29) is 30.9 Å². The van der Waals surface area contributed by atoms with E-state index in [9.17, 15) is 0 Å². The third kappa shape index (κ3) is 4.69. The van der Waals surface area contributed by atoms with E-state index in [1.54, 1.807) is 0 Å². The lowest BCUT2D eigenvalue weighted by Crippen LogP contribution is -2.38. The van der Waals surface area contributed by atoms with Gasteiger partial charge in [-0.1, -0.05) is 6.08 Å². The number of halogens is 2. The Morgan fingerprint density at radius 2 is 2.00 bits per heavy atom. The molecule has 5 nitrogen and oxygen atoms in total. The number of imidazole rings is 1. The zero-order valence-corrected chi connectivity index (χ0v) is 13.7. The quantitative estimate of drug-likeness (QED) is 0.907. The van der Waals surface area contributed by atoms with Gasteiger partial charge >= 0.3 is 0 Å². The Kier molecular flexibility index (Phi) is 7.70. The van der Waals surface area contributed by atoms with Gasteiger partial charge in [0.2, 0.25) is 0 Å². The van der Waals surface area contributed by atoms with E-state index < -0.39 is 0 Å². The van der Waals surface area contributed by atoms with Crippen molar-refractivity contribution >= 4 is 30.4 Å². The fourth-order valence-corrected chi connectivity index (χ4v) is 2.79. The lowest BCUT2D eigenvalue weighted by Gasteiger charge is -2.26. The molecule has 1 saturated heterocycles. The summed E-state index contributed by atoms with van der Waals surface area (Å²) in [6, 6.07) is 0.289. The molecule has 1 fully saturated rings. The van der Waals surface area contributed by atoms with Gasteiger partial charge in [0.05, 0.1) is 31.4 Å². The van der Waals surface area contributed by atoms with Crippen LogP contribution in [-0.2, 0) is 11.3 Å². The van der Waals surface area contributed by atoms with E-state index >= 15 is 0 Å². The predicted octanol–water partition coefficient (Wildman–Crippen LogP) is 1.56. The molecule has 21 heavy (non-hydrogen) atoms. The molecule has 1 atom stereocenters. The molecule has 2 N–H and O–H groups in total. The van der Waals surface area contributed by atoms with Gasteiger partial charge in [-0.3, -0.25) is 4.90 Å². The van der Waals surface area contributed by atoms with Gasteiger partial charge in [-0.2, -0.15) is 0 Å². The van der Waals surface area contributed by atoms with Crippen LogP contribution in [0.3, 0.4) is 0 Å². The summed E-state index contributed by atoms with van der Waals surface area (Å²) in [6.45, 7) is 5.84. The van der Waals surface area contributed by atoms with E-state index in [2.05, 4.69) is 20.5 Å². The van der Waals surface area contributed by atoms with Crippen LogP contribution in [0.5, 0.6) is 0 Å². The summed E-state index contributed by atoms with van der Waals surface area (Å²) < 4.78 is 7.62. The highest BCUT2D eigenvalue weighted by atomic mass is 35.5. The number of morpholine rings is 1. The molecular formula is C14H24Cl2N4O. The average molecular weight is 335 g/mol. The molecule has 1 aromatic rings. The maximum atomic E-state index is 5.97. The van der Waals surface area contributed by atoms with Crippen LogP contribution in [-0.4, -0.2) is 53.3 Å². The summed E-state index contributed by atoms with van der Waals surface area (Å²) in [5, 5.41) is 0. The normalized spacial score (nSPS) is 22.3. The van der Waals surface area contributed by atoms with Crippen molar-refractivity contribution in [1.29, 1.82) is 0 Å². The lowest BCUT2D eigenvalue weighted by atomic mass is 10.1. The molecule has 2 heterocycles. The molecule has 0 aromatic carbocycles. The SMILES string of the molecule is Cl.Cl.NC1CC=C(c2cncn2CCN2CCOCC2)C1. The molecule has 0 saturated carbocycles. The highest BCUT2D eigenvalue weighted by Gasteiger charge is 2.18. The van der Waals surface area contributed by atoms with E-state index in [1.165, 1.54) is 11.3 Å². The zero-order chi connectivity index (χ0) is 13.1. The minimum Gasteiger partial charge on any atom is -0.379 e. The Morgan fingerprint density at radius 1 is 1.24 bits per heavy atom. The first kappa shape index (κ1) is 18.5. The number of hydrogen-bond donors (Lipinski definition) is 1. The van der Waals surface area contributed by atoms with Crippen LogP contribution in [0.25, 0.3) is 5.57 Å². The van der Waals surface area contributed by atoms with Crippen LogP contribution in [0.15, 0.2) is 18.6 Å². The van der Waals surface area contributed by atoms with Gasteiger partial charge < -0.3 is 15.0 Å². The maximum absolute atomic E-state index is 5.97. The van der Waals surface area contributed by atoms with Crippen LogP contribution in [0.2, 0.25) is 0 Å². The van der Waals surface area contributed by atoms with Crippen molar-refractivity contribution in [3.05, 3.63) is 24.3 Å². The fourth-order valence-electron chi connectivity index (χ4n) is 2.79. The Bertz CT molecular complexity index is 458. The highest BCUT2D eigenvalue weighted by molar-refractivity contribution is 5.85. The van der Waals surface area contributed by atoms with Crippen molar-refractivity contribution in [3.8, 4) is 0 Å². The Balaban J connectivity index is 0.00000110. The summed E-state index contributed by atoms with van der Waals surface area (Å²) >= 11 is 0. The van der Waals surface area contributed by atoms with Crippen molar-refractivity contribution in [1.82, 2.24) is 14.5 Å². The molecule has 0 bridgehead atoms. The van der Waals surface area contributed by atoms with Gasteiger partial charge in [0, 0.05) is 32.2 Å². The molecule has 2 aliphatic rings. The summed E-state index contributed by atoms with van der Waals surface area (Å²) in [5.41, 5.74) is 8.56. The zero-order valence-electron chi connectivity index (χ0n) is 12.1. The number of aromatic nitrogens is 2. The van der Waals surface area contributed by atoms with Crippen LogP contribution in [0.1, 0.15) is 18.5 Å². The van der Waals surface area contributed by atoms with Crippen molar-refractivity contribution in [2.75, 3.05) is 32.8 Å². The summed E-state index contributed by atoms with van der Waals surface area (Å²) in [6.07, 6.45) is 8.11. The topological polar surface area (TPSA) is 56.3 Å². The highest BCUT2D eigenvalue weighted by Crippen LogP contribution is 2.26. The smallest absolute Gasteiger partial charge is 0.0951 e. The second-order valence-corrected chi connectivity index (χ2v) is 5.36. The predicted molar refractivity (Wildman–Crippen MR) is 89.2 cm³/mol. The van der Waals surface area contributed by atoms with Crippen molar-refractivity contribution in [2.45, 2.75) is 25.4 Å². The molecule has 1 unspecified atom stereocenters. The van der Waals surface area contributed by atoms with Crippen molar-refractivity contribution < 1.29 is 4.74 Å². The molecule has 1 aromatic heterocycles.